The molecule has 0 unspecified atom stereocenters. The normalized spacial score (nSPS) is 21.4. The lowest BCUT2D eigenvalue weighted by Crippen LogP contribution is -2.38. The molecule has 94 valence electrons. The van der Waals surface area contributed by atoms with Crippen LogP contribution < -0.4 is 0 Å². The van der Waals surface area contributed by atoms with Gasteiger partial charge in [0.25, 0.3) is 0 Å². The summed E-state index contributed by atoms with van der Waals surface area (Å²) >= 11 is 0. The number of carbonyl (C=O) groups is 1. The number of esters is 1. The Morgan fingerprint density at radius 2 is 2.41 bits per heavy atom. The molecule has 2 rings (SSSR count). The van der Waals surface area contributed by atoms with E-state index in [1.807, 2.05) is 0 Å². The van der Waals surface area contributed by atoms with Crippen LogP contribution in [0.15, 0.2) is 4.42 Å². The monoisotopic (exact) mass is 239 g/mol. The first kappa shape index (κ1) is 12.0. The van der Waals surface area contributed by atoms with Crippen LogP contribution in [-0.4, -0.2) is 41.3 Å². The Hall–Kier alpha value is -1.43. The van der Waals surface area contributed by atoms with Gasteiger partial charge in [0.05, 0.1) is 19.6 Å². The molecule has 6 heteroatoms. The molecule has 1 aromatic heterocycles. The fourth-order valence-corrected chi connectivity index (χ4v) is 2.15. The molecule has 6 nitrogen and oxygen atoms in total. The van der Waals surface area contributed by atoms with Gasteiger partial charge in [0, 0.05) is 13.5 Å². The summed E-state index contributed by atoms with van der Waals surface area (Å²) in [5, 5.41) is 7.74. The summed E-state index contributed by atoms with van der Waals surface area (Å²) in [5.74, 6) is 1.02. The Morgan fingerprint density at radius 3 is 3.06 bits per heavy atom. The number of carbonyl (C=O) groups excluding carboxylic acids is 1. The molecule has 0 radical (unpaired) electrons. The van der Waals surface area contributed by atoms with Crippen molar-refractivity contribution in [2.24, 2.45) is 5.92 Å². The Balaban J connectivity index is 1.91. The van der Waals surface area contributed by atoms with Gasteiger partial charge in [-0.3, -0.25) is 9.69 Å². The van der Waals surface area contributed by atoms with E-state index in [1.54, 1.807) is 6.92 Å². The predicted molar refractivity (Wildman–Crippen MR) is 59.1 cm³/mol. The van der Waals surface area contributed by atoms with Gasteiger partial charge in [-0.2, -0.15) is 0 Å². The highest BCUT2D eigenvalue weighted by molar-refractivity contribution is 5.72. The molecule has 1 atom stereocenters. The van der Waals surface area contributed by atoms with Crippen LogP contribution in [0.2, 0.25) is 0 Å². The Bertz CT molecular complexity index is 391. The van der Waals surface area contributed by atoms with Gasteiger partial charge in [0.15, 0.2) is 0 Å². The van der Waals surface area contributed by atoms with Gasteiger partial charge in [-0.05, 0) is 19.4 Å². The van der Waals surface area contributed by atoms with Gasteiger partial charge in [-0.25, -0.2) is 0 Å². The van der Waals surface area contributed by atoms with Gasteiger partial charge >= 0.3 is 5.97 Å². The standard InChI is InChI=1S/C11H17N3O3/c1-8-12-13-10(17-8)7-14-5-3-4-9(6-14)11(15)16-2/h9H,3-7H2,1-2H3/t9-/m0/s1. The predicted octanol–water partition coefficient (Wildman–Crippen LogP) is 0.763. The lowest BCUT2D eigenvalue weighted by atomic mass is 9.98. The number of aryl methyl sites for hydroxylation is 1. The largest absolute Gasteiger partial charge is 0.469 e. The van der Waals surface area contributed by atoms with Crippen LogP contribution in [0.4, 0.5) is 0 Å². The second-order valence-corrected chi connectivity index (χ2v) is 4.31. The summed E-state index contributed by atoms with van der Waals surface area (Å²) in [6.45, 7) is 4.03. The molecule has 0 N–H and O–H groups in total. The topological polar surface area (TPSA) is 68.5 Å². The van der Waals surface area contributed by atoms with E-state index < -0.39 is 0 Å². The fourth-order valence-electron chi connectivity index (χ4n) is 2.15. The molecule has 0 aromatic carbocycles. The van der Waals surface area contributed by atoms with Crippen LogP contribution in [0.25, 0.3) is 0 Å². The third kappa shape index (κ3) is 3.03. The van der Waals surface area contributed by atoms with Crippen molar-refractivity contribution in [2.45, 2.75) is 26.3 Å². The highest BCUT2D eigenvalue weighted by atomic mass is 16.5. The summed E-state index contributed by atoms with van der Waals surface area (Å²) in [4.78, 5) is 13.6. The first-order chi connectivity index (χ1) is 8.19. The summed E-state index contributed by atoms with van der Waals surface area (Å²) in [6, 6.07) is 0. The third-order valence-electron chi connectivity index (χ3n) is 2.97. The number of piperidine rings is 1. The van der Waals surface area contributed by atoms with Crippen molar-refractivity contribution in [3.05, 3.63) is 11.8 Å². The Labute approximate surface area is 99.9 Å². The zero-order valence-electron chi connectivity index (χ0n) is 10.2. The molecule has 17 heavy (non-hydrogen) atoms. The van der Waals surface area contributed by atoms with E-state index in [2.05, 4.69) is 15.1 Å². The van der Waals surface area contributed by atoms with E-state index >= 15 is 0 Å². The summed E-state index contributed by atoms with van der Waals surface area (Å²) < 4.78 is 10.1. The van der Waals surface area contributed by atoms with Gasteiger partial charge in [-0.15, -0.1) is 10.2 Å². The Morgan fingerprint density at radius 1 is 1.59 bits per heavy atom. The molecule has 0 amide bonds. The Kier molecular flexibility index (Phi) is 3.73. The molecular formula is C11H17N3O3. The quantitative estimate of drug-likeness (QED) is 0.725. The minimum Gasteiger partial charge on any atom is -0.469 e. The first-order valence-electron chi connectivity index (χ1n) is 5.78. The fraction of sp³-hybridized carbons (Fsp3) is 0.727. The minimum absolute atomic E-state index is 0.0298. The average Bonchev–Trinajstić information content (AvgIpc) is 2.74. The van der Waals surface area contributed by atoms with Gasteiger partial charge < -0.3 is 9.15 Å². The summed E-state index contributed by atoms with van der Waals surface area (Å²) in [6.07, 6.45) is 1.89. The minimum atomic E-state index is -0.128. The molecule has 1 saturated heterocycles. The summed E-state index contributed by atoms with van der Waals surface area (Å²) in [7, 11) is 1.43. The number of aromatic nitrogens is 2. The van der Waals surface area contributed by atoms with Crippen LogP contribution >= 0.6 is 0 Å². The molecule has 1 fully saturated rings. The van der Waals surface area contributed by atoms with E-state index in [9.17, 15) is 4.79 Å². The second-order valence-electron chi connectivity index (χ2n) is 4.31. The van der Waals surface area contributed by atoms with Crippen LogP contribution in [0.5, 0.6) is 0 Å². The maximum Gasteiger partial charge on any atom is 0.309 e. The highest BCUT2D eigenvalue weighted by Gasteiger charge is 2.27. The van der Waals surface area contributed by atoms with Crippen molar-refractivity contribution in [1.29, 1.82) is 0 Å². The molecule has 0 bridgehead atoms. The van der Waals surface area contributed by atoms with E-state index in [4.69, 9.17) is 9.15 Å². The molecular weight excluding hydrogens is 222 g/mol. The lowest BCUT2D eigenvalue weighted by Gasteiger charge is -2.29. The SMILES string of the molecule is COC(=O)[C@H]1CCCN(Cc2nnc(C)o2)C1. The number of methoxy groups -OCH3 is 1. The van der Waals surface area contributed by atoms with E-state index in [0.717, 1.165) is 19.4 Å². The molecule has 1 aliphatic rings. The maximum absolute atomic E-state index is 11.5. The maximum atomic E-state index is 11.5. The zero-order valence-corrected chi connectivity index (χ0v) is 10.2. The van der Waals surface area contributed by atoms with Crippen LogP contribution in [0.3, 0.4) is 0 Å². The zero-order chi connectivity index (χ0) is 12.3. The van der Waals surface area contributed by atoms with Gasteiger partial charge in [0.1, 0.15) is 0 Å². The number of nitrogens with zero attached hydrogens (tertiary/aromatic N) is 3. The number of hydrogen-bond donors (Lipinski definition) is 0. The van der Waals surface area contributed by atoms with Crippen molar-refractivity contribution in [2.75, 3.05) is 20.2 Å². The molecule has 0 aliphatic carbocycles. The number of ether oxygens (including phenoxy) is 1. The smallest absolute Gasteiger partial charge is 0.309 e. The van der Waals surface area contributed by atoms with Crippen molar-refractivity contribution in [1.82, 2.24) is 15.1 Å². The van der Waals surface area contributed by atoms with Gasteiger partial charge in [-0.1, -0.05) is 0 Å². The van der Waals surface area contributed by atoms with Crippen LogP contribution in [-0.2, 0) is 16.1 Å². The van der Waals surface area contributed by atoms with Gasteiger partial charge in [0.2, 0.25) is 11.8 Å². The highest BCUT2D eigenvalue weighted by Crippen LogP contribution is 2.19. The van der Waals surface area contributed by atoms with Crippen LogP contribution in [0.1, 0.15) is 24.6 Å². The summed E-state index contributed by atoms with van der Waals surface area (Å²) in [5.41, 5.74) is 0. The van der Waals surface area contributed by atoms with Crippen molar-refractivity contribution >= 4 is 5.97 Å². The first-order valence-corrected chi connectivity index (χ1v) is 5.78. The van der Waals surface area contributed by atoms with Crippen molar-refractivity contribution < 1.29 is 13.9 Å². The second kappa shape index (κ2) is 5.27. The van der Waals surface area contributed by atoms with E-state index in [0.29, 0.717) is 24.9 Å². The van der Waals surface area contributed by atoms with Crippen molar-refractivity contribution in [3.8, 4) is 0 Å². The molecule has 0 saturated carbocycles. The number of hydrogen-bond acceptors (Lipinski definition) is 6. The van der Waals surface area contributed by atoms with E-state index in [1.165, 1.54) is 7.11 Å². The molecule has 1 aliphatic heterocycles. The van der Waals surface area contributed by atoms with E-state index in [-0.39, 0.29) is 11.9 Å². The third-order valence-corrected chi connectivity index (χ3v) is 2.97. The number of likely N-dealkylation sites (tertiary alicyclic amines) is 1. The van der Waals surface area contributed by atoms with Crippen LogP contribution in [0, 0.1) is 12.8 Å². The average molecular weight is 239 g/mol. The molecule has 2 heterocycles. The molecule has 0 spiro atoms. The lowest BCUT2D eigenvalue weighted by molar-refractivity contribution is -0.147. The van der Waals surface area contributed by atoms with Crippen molar-refractivity contribution in [3.63, 3.8) is 0 Å². The molecule has 1 aromatic rings. The number of rotatable bonds is 3.